The number of nitrogens with zero attached hydrogens (tertiary/aromatic N) is 1. The van der Waals surface area contributed by atoms with Crippen LogP contribution in [0.2, 0.25) is 0 Å². The van der Waals surface area contributed by atoms with Crippen molar-refractivity contribution in [3.05, 3.63) is 123 Å². The Labute approximate surface area is 213 Å². The SMILES string of the molecule is COc1c(-c2ccc(F)cc2)cc(C(O[SiH3])(c2ccc(F)cc2)c2ccc(F)cc2)c([N+](=O)[O-])c1OC. The maximum Gasteiger partial charge on any atom is 0.321 e. The summed E-state index contributed by atoms with van der Waals surface area (Å²) in [5.74, 6) is -1.62. The van der Waals surface area contributed by atoms with E-state index in [9.17, 15) is 23.3 Å². The van der Waals surface area contributed by atoms with Crippen LogP contribution in [0, 0.1) is 27.6 Å². The van der Waals surface area contributed by atoms with Gasteiger partial charge in [-0.25, -0.2) is 13.2 Å². The Morgan fingerprint density at radius 1 is 0.757 bits per heavy atom. The highest BCUT2D eigenvalue weighted by Gasteiger charge is 2.45. The predicted molar refractivity (Wildman–Crippen MR) is 135 cm³/mol. The van der Waals surface area contributed by atoms with E-state index in [1.165, 1.54) is 93.1 Å². The van der Waals surface area contributed by atoms with Gasteiger partial charge in [-0.05, 0) is 59.2 Å². The van der Waals surface area contributed by atoms with Gasteiger partial charge in [-0.3, -0.25) is 10.1 Å². The second-order valence-electron chi connectivity index (χ2n) is 8.05. The summed E-state index contributed by atoms with van der Waals surface area (Å²) in [5, 5.41) is 12.6. The molecule has 0 amide bonds. The fourth-order valence-corrected chi connectivity index (χ4v) is 5.20. The van der Waals surface area contributed by atoms with Crippen LogP contribution >= 0.6 is 0 Å². The Bertz CT molecular complexity index is 1380. The standard InChI is InChI=1S/C27H22F3NO5Si/c1-34-25-22(16-3-9-19(28)10-4-16)15-23(24(31(32)33)26(25)35-2)27(36-37,17-5-11-20(29)12-6-17)18-7-13-21(30)14-8-18/h3-15H,1-2,37H3. The van der Waals surface area contributed by atoms with E-state index in [0.29, 0.717) is 22.3 Å². The van der Waals surface area contributed by atoms with Crippen LogP contribution in [-0.4, -0.2) is 29.6 Å². The number of hydrogen-bond donors (Lipinski definition) is 0. The fraction of sp³-hybridized carbons (Fsp3) is 0.111. The van der Waals surface area contributed by atoms with Crippen LogP contribution in [0.1, 0.15) is 16.7 Å². The summed E-state index contributed by atoms with van der Waals surface area (Å²) in [6, 6.07) is 17.7. The lowest BCUT2D eigenvalue weighted by molar-refractivity contribution is -0.387. The van der Waals surface area contributed by atoms with Crippen molar-refractivity contribution >= 4 is 16.2 Å². The summed E-state index contributed by atoms with van der Waals surface area (Å²) in [5.41, 5.74) is -0.450. The van der Waals surface area contributed by atoms with Crippen molar-refractivity contribution in [3.8, 4) is 22.6 Å². The molecule has 0 N–H and O–H groups in total. The minimum absolute atomic E-state index is 0.0442. The number of hydrogen-bond acceptors (Lipinski definition) is 5. The normalized spacial score (nSPS) is 11.4. The zero-order valence-electron chi connectivity index (χ0n) is 20.1. The number of nitro groups is 1. The Balaban J connectivity index is 2.20. The highest BCUT2D eigenvalue weighted by atomic mass is 28.2. The third-order valence-corrected chi connectivity index (χ3v) is 6.76. The molecule has 0 aromatic heterocycles. The predicted octanol–water partition coefficient (Wildman–Crippen LogP) is 5.29. The van der Waals surface area contributed by atoms with E-state index >= 15 is 0 Å². The minimum atomic E-state index is -1.65. The monoisotopic (exact) mass is 525 g/mol. The molecule has 10 heteroatoms. The first-order valence-electron chi connectivity index (χ1n) is 11.0. The van der Waals surface area contributed by atoms with Gasteiger partial charge in [-0.15, -0.1) is 0 Å². The number of nitro benzene ring substituents is 1. The molecule has 0 saturated carbocycles. The number of ether oxygens (including phenoxy) is 2. The largest absolute Gasteiger partial charge is 0.492 e. The highest BCUT2D eigenvalue weighted by Crippen LogP contribution is 2.53. The minimum Gasteiger partial charge on any atom is -0.492 e. The van der Waals surface area contributed by atoms with Crippen LogP contribution in [0.15, 0.2) is 78.9 Å². The Kier molecular flexibility index (Phi) is 7.32. The van der Waals surface area contributed by atoms with Crippen LogP contribution in [0.4, 0.5) is 18.9 Å². The molecule has 0 heterocycles. The molecule has 0 aliphatic rings. The van der Waals surface area contributed by atoms with Gasteiger partial charge in [0.1, 0.15) is 33.5 Å². The number of benzene rings is 4. The molecule has 4 aromatic carbocycles. The van der Waals surface area contributed by atoms with Crippen LogP contribution < -0.4 is 9.47 Å². The van der Waals surface area contributed by atoms with Gasteiger partial charge in [0.15, 0.2) is 5.75 Å². The summed E-state index contributed by atoms with van der Waals surface area (Å²) in [7, 11) is 2.68. The van der Waals surface area contributed by atoms with Gasteiger partial charge in [0, 0.05) is 5.56 Å². The molecular formula is C27H22F3NO5Si. The van der Waals surface area contributed by atoms with Crippen molar-refractivity contribution in [1.29, 1.82) is 0 Å². The molecular weight excluding hydrogens is 503 g/mol. The first-order chi connectivity index (χ1) is 17.8. The van der Waals surface area contributed by atoms with E-state index in [2.05, 4.69) is 0 Å². The molecule has 4 rings (SSSR count). The summed E-state index contributed by atoms with van der Waals surface area (Å²) in [6.45, 7) is 0. The molecule has 0 fully saturated rings. The van der Waals surface area contributed by atoms with Crippen LogP contribution in [0.25, 0.3) is 11.1 Å². The highest BCUT2D eigenvalue weighted by molar-refractivity contribution is 5.99. The first kappa shape index (κ1) is 25.9. The molecule has 0 radical (unpaired) electrons. The van der Waals surface area contributed by atoms with Gasteiger partial charge in [-0.2, -0.15) is 0 Å². The second kappa shape index (κ2) is 10.5. The van der Waals surface area contributed by atoms with E-state index in [4.69, 9.17) is 13.9 Å². The van der Waals surface area contributed by atoms with Crippen molar-refractivity contribution in [2.45, 2.75) is 5.60 Å². The Morgan fingerprint density at radius 2 is 1.19 bits per heavy atom. The average Bonchev–Trinajstić information content (AvgIpc) is 2.90. The number of halogens is 3. The second-order valence-corrected chi connectivity index (χ2v) is 8.46. The molecule has 0 aliphatic carbocycles. The molecule has 0 saturated heterocycles. The molecule has 0 atom stereocenters. The summed E-state index contributed by atoms with van der Waals surface area (Å²) in [4.78, 5) is 11.9. The quantitative estimate of drug-likeness (QED) is 0.135. The molecule has 0 spiro atoms. The van der Waals surface area contributed by atoms with E-state index in [0.717, 1.165) is 0 Å². The lowest BCUT2D eigenvalue weighted by Crippen LogP contribution is -2.33. The van der Waals surface area contributed by atoms with Crippen LogP contribution in [0.3, 0.4) is 0 Å². The first-order valence-corrected chi connectivity index (χ1v) is 11.9. The zero-order chi connectivity index (χ0) is 26.7. The maximum absolute atomic E-state index is 13.9. The Hall–Kier alpha value is -4.15. The molecule has 0 aliphatic heterocycles. The molecule has 190 valence electrons. The zero-order valence-corrected chi connectivity index (χ0v) is 22.1. The summed E-state index contributed by atoms with van der Waals surface area (Å²) >= 11 is 0. The molecule has 4 aromatic rings. The van der Waals surface area contributed by atoms with Gasteiger partial charge < -0.3 is 13.9 Å². The van der Waals surface area contributed by atoms with Crippen LogP contribution in [-0.2, 0) is 10.0 Å². The molecule has 6 nitrogen and oxygen atoms in total. The van der Waals surface area contributed by atoms with Gasteiger partial charge in [0.05, 0.1) is 24.7 Å². The Morgan fingerprint density at radius 3 is 1.57 bits per heavy atom. The van der Waals surface area contributed by atoms with Crippen molar-refractivity contribution < 1.29 is 32.0 Å². The van der Waals surface area contributed by atoms with E-state index in [-0.39, 0.29) is 27.5 Å². The van der Waals surface area contributed by atoms with Crippen molar-refractivity contribution in [1.82, 2.24) is 0 Å². The number of methoxy groups -OCH3 is 2. The summed E-state index contributed by atoms with van der Waals surface area (Å²) in [6.07, 6.45) is 0. The fourth-order valence-electron chi connectivity index (χ4n) is 4.51. The topological polar surface area (TPSA) is 70.8 Å². The number of rotatable bonds is 8. The third-order valence-electron chi connectivity index (χ3n) is 6.14. The average molecular weight is 526 g/mol. The van der Waals surface area contributed by atoms with Crippen molar-refractivity contribution in [3.63, 3.8) is 0 Å². The van der Waals surface area contributed by atoms with Gasteiger partial charge in [0.2, 0.25) is 5.75 Å². The summed E-state index contributed by atoms with van der Waals surface area (Å²) < 4.78 is 58.8. The van der Waals surface area contributed by atoms with Gasteiger partial charge >= 0.3 is 5.69 Å². The smallest absolute Gasteiger partial charge is 0.321 e. The molecule has 37 heavy (non-hydrogen) atoms. The van der Waals surface area contributed by atoms with Crippen LogP contribution in [0.5, 0.6) is 11.5 Å². The van der Waals surface area contributed by atoms with Gasteiger partial charge in [-0.1, -0.05) is 36.4 Å². The lowest BCUT2D eigenvalue weighted by Gasteiger charge is -2.35. The maximum atomic E-state index is 13.9. The van der Waals surface area contributed by atoms with Crippen molar-refractivity contribution in [2.75, 3.05) is 14.2 Å². The van der Waals surface area contributed by atoms with E-state index in [1.807, 2.05) is 0 Å². The third kappa shape index (κ3) is 4.56. The molecule has 0 unspecified atom stereocenters. The van der Waals surface area contributed by atoms with E-state index in [1.54, 1.807) is 0 Å². The van der Waals surface area contributed by atoms with Crippen molar-refractivity contribution in [2.24, 2.45) is 0 Å². The van der Waals surface area contributed by atoms with E-state index < -0.39 is 33.7 Å². The lowest BCUT2D eigenvalue weighted by atomic mass is 9.78. The van der Waals surface area contributed by atoms with Gasteiger partial charge in [0.25, 0.3) is 0 Å². The molecule has 0 bridgehead atoms.